The van der Waals surface area contributed by atoms with Gasteiger partial charge in [-0.1, -0.05) is 31.6 Å². The van der Waals surface area contributed by atoms with Crippen LogP contribution in [0.1, 0.15) is 38.8 Å². The van der Waals surface area contributed by atoms with Crippen molar-refractivity contribution in [3.8, 4) is 0 Å². The van der Waals surface area contributed by atoms with E-state index in [9.17, 15) is 28.8 Å². The summed E-state index contributed by atoms with van der Waals surface area (Å²) in [5.41, 5.74) is -0.242. The van der Waals surface area contributed by atoms with Crippen LogP contribution in [0.25, 0.3) is 0 Å². The van der Waals surface area contributed by atoms with Gasteiger partial charge in [-0.2, -0.15) is 0 Å². The first-order valence-corrected chi connectivity index (χ1v) is 10.1. The maximum Gasteiger partial charge on any atom is 0.310 e. The first kappa shape index (κ1) is 22.0. The number of nitrogens with one attached hydrogen (secondary N) is 1. The first-order valence-electron chi connectivity index (χ1n) is 7.03. The van der Waals surface area contributed by atoms with E-state index >= 15 is 0 Å². The number of hydrogen-bond donors (Lipinski definition) is 1. The van der Waals surface area contributed by atoms with E-state index in [1.165, 1.54) is 0 Å². The Bertz CT molecular complexity index is 646. The second-order valence-corrected chi connectivity index (χ2v) is 10.8. The average Bonchev–Trinajstić information content (AvgIpc) is 2.43. The number of carbonyl (C=O) groups excluding carboxylic acids is 1. The third-order valence-electron chi connectivity index (χ3n) is 3.11. The highest BCUT2D eigenvalue weighted by atomic mass is 32.5. The van der Waals surface area contributed by atoms with Crippen LogP contribution >= 0.6 is 10.2 Å². The third-order valence-corrected chi connectivity index (χ3v) is 5.87. The van der Waals surface area contributed by atoms with Crippen molar-refractivity contribution >= 4 is 27.6 Å². The maximum absolute atomic E-state index is 13.0. The minimum atomic E-state index is -9.87. The van der Waals surface area contributed by atoms with E-state index in [2.05, 4.69) is 9.46 Å². The second-order valence-electron chi connectivity index (χ2n) is 6.37. The Kier molecular flexibility index (Phi) is 5.53. The van der Waals surface area contributed by atoms with Gasteiger partial charge in [0.25, 0.3) is 0 Å². The molecule has 0 saturated carbocycles. The molecule has 0 aliphatic heterocycles. The molecule has 0 bridgehead atoms. The van der Waals surface area contributed by atoms with E-state index in [-0.39, 0.29) is 17.7 Å². The van der Waals surface area contributed by atoms with Crippen molar-refractivity contribution in [3.05, 3.63) is 29.8 Å². The lowest BCUT2D eigenvalue weighted by atomic mass is 10.1. The Labute approximate surface area is 146 Å². The van der Waals surface area contributed by atoms with Crippen molar-refractivity contribution in [1.82, 2.24) is 4.72 Å². The molecule has 0 fully saturated rings. The molecule has 2 atom stereocenters. The molecule has 0 radical (unpaired) electrons. The van der Waals surface area contributed by atoms with Crippen LogP contribution in [0.5, 0.6) is 0 Å². The summed E-state index contributed by atoms with van der Waals surface area (Å²) in [5.74, 6) is -0.791. The van der Waals surface area contributed by atoms with E-state index < -0.39 is 49.7 Å². The number of ether oxygens (including phenoxy) is 1. The number of esters is 1. The van der Waals surface area contributed by atoms with Crippen LogP contribution in [0, 0.1) is 0 Å². The molecule has 1 aromatic rings. The predicted molar refractivity (Wildman–Crippen MR) is 88.2 cm³/mol. The monoisotopic (exact) mass is 409 g/mol. The topological polar surface area (TPSA) is 61.4 Å². The van der Waals surface area contributed by atoms with E-state index in [1.807, 2.05) is 0 Å². The Hall–Kier alpha value is -1.04. The van der Waals surface area contributed by atoms with Gasteiger partial charge in [-0.15, -0.1) is 4.72 Å². The van der Waals surface area contributed by atoms with Gasteiger partial charge in [-0.3, -0.25) is 4.79 Å². The van der Waals surface area contributed by atoms with Crippen molar-refractivity contribution in [1.29, 1.82) is 0 Å². The van der Waals surface area contributed by atoms with Crippen LogP contribution in [-0.2, 0) is 20.9 Å². The summed E-state index contributed by atoms with van der Waals surface area (Å²) in [5, 5.41) is 0. The van der Waals surface area contributed by atoms with Crippen LogP contribution in [0.3, 0.4) is 0 Å². The fourth-order valence-electron chi connectivity index (χ4n) is 1.75. The van der Waals surface area contributed by atoms with E-state index in [0.29, 0.717) is 0 Å². The molecule has 1 rings (SSSR count). The fourth-order valence-corrected chi connectivity index (χ4v) is 3.28. The summed E-state index contributed by atoms with van der Waals surface area (Å²) in [6, 6.07) is 1.30. The van der Waals surface area contributed by atoms with Gasteiger partial charge in [-0.05, 0) is 38.5 Å². The second kappa shape index (κ2) is 6.29. The lowest BCUT2D eigenvalue weighted by Crippen LogP contribution is -2.42. The van der Waals surface area contributed by atoms with Crippen molar-refractivity contribution < 1.29 is 33.5 Å². The van der Waals surface area contributed by atoms with Crippen molar-refractivity contribution in [3.63, 3.8) is 0 Å². The largest absolute Gasteiger partial charge is 0.598 e. The minimum Gasteiger partial charge on any atom is -0.598 e. The molecule has 25 heavy (non-hydrogen) atoms. The molecule has 0 heterocycles. The molecule has 0 amide bonds. The van der Waals surface area contributed by atoms with Gasteiger partial charge in [0.1, 0.15) is 9.64 Å². The molecular formula is C14H20F5NO3S2. The Morgan fingerprint density at radius 2 is 1.84 bits per heavy atom. The van der Waals surface area contributed by atoms with Gasteiger partial charge < -0.3 is 9.29 Å². The van der Waals surface area contributed by atoms with Gasteiger partial charge in [0, 0.05) is 11.4 Å². The lowest BCUT2D eigenvalue weighted by Gasteiger charge is -2.40. The lowest BCUT2D eigenvalue weighted by molar-refractivity contribution is -0.141. The highest BCUT2D eigenvalue weighted by Gasteiger charge is 2.65. The molecule has 0 aliphatic carbocycles. The molecule has 146 valence electrons. The molecule has 11 heteroatoms. The molecule has 0 aliphatic rings. The van der Waals surface area contributed by atoms with Crippen molar-refractivity contribution in [2.75, 3.05) is 7.11 Å². The summed E-state index contributed by atoms with van der Waals surface area (Å²) in [6.07, 6.45) is -0.470. The van der Waals surface area contributed by atoms with E-state index in [4.69, 9.17) is 0 Å². The zero-order chi connectivity index (χ0) is 19.7. The van der Waals surface area contributed by atoms with Crippen LogP contribution < -0.4 is 4.72 Å². The summed E-state index contributed by atoms with van der Waals surface area (Å²) < 4.78 is 83.4. The van der Waals surface area contributed by atoms with Crippen molar-refractivity contribution in [2.45, 2.75) is 42.9 Å². The maximum atomic E-state index is 13.0. The standard InChI is InChI=1S/C14H20F5NO3S2/c1-14(2,3)24(22)20-12(9-13(21)23-4)10-6-5-7-11(8-10)25(15,16,17,18)19/h5-8,12,20H,9H2,1-4H3/t12-,24+/m0/s1. The first-order chi connectivity index (χ1) is 10.9. The summed E-state index contributed by atoms with van der Waals surface area (Å²) >= 11 is -1.75. The molecule has 0 saturated heterocycles. The predicted octanol–water partition coefficient (Wildman–Crippen LogP) is 5.00. The highest BCUT2D eigenvalue weighted by molar-refractivity contribution is 8.45. The summed E-state index contributed by atoms with van der Waals surface area (Å²) in [4.78, 5) is 9.44. The minimum absolute atomic E-state index is 0.242. The van der Waals surface area contributed by atoms with E-state index in [0.717, 1.165) is 19.2 Å². The van der Waals surface area contributed by atoms with Crippen LogP contribution in [0.4, 0.5) is 19.4 Å². The number of carbonyl (C=O) groups is 1. The number of halogens is 5. The molecule has 1 N–H and O–H groups in total. The Morgan fingerprint density at radius 1 is 1.28 bits per heavy atom. The Morgan fingerprint density at radius 3 is 2.28 bits per heavy atom. The number of methoxy groups -OCH3 is 1. The smallest absolute Gasteiger partial charge is 0.310 e. The number of rotatable bonds is 6. The number of hydrogen-bond acceptors (Lipinski definition) is 4. The zero-order valence-electron chi connectivity index (χ0n) is 14.0. The summed E-state index contributed by atoms with van der Waals surface area (Å²) in [6.45, 7) is 4.82. The average molecular weight is 409 g/mol. The highest BCUT2D eigenvalue weighted by Crippen LogP contribution is 3.02. The third kappa shape index (κ3) is 6.65. The molecule has 1 aromatic carbocycles. The van der Waals surface area contributed by atoms with Crippen LogP contribution in [0.15, 0.2) is 29.2 Å². The quantitative estimate of drug-likeness (QED) is 0.408. The SMILES string of the molecule is COC(=O)C[C@H](N[S@+]([O-])C(C)(C)C)c1cccc(S(F)(F)(F)(F)F)c1. The van der Waals surface area contributed by atoms with Gasteiger partial charge in [0.05, 0.1) is 19.6 Å². The summed E-state index contributed by atoms with van der Waals surface area (Å²) in [7, 11) is -8.79. The van der Waals surface area contributed by atoms with Crippen LogP contribution in [0.2, 0.25) is 0 Å². The van der Waals surface area contributed by atoms with Gasteiger partial charge in [0.15, 0.2) is 0 Å². The van der Waals surface area contributed by atoms with E-state index in [1.54, 1.807) is 20.8 Å². The normalized spacial score (nSPS) is 18.0. The van der Waals surface area contributed by atoms with Gasteiger partial charge >= 0.3 is 16.2 Å². The molecule has 0 spiro atoms. The van der Waals surface area contributed by atoms with Gasteiger partial charge in [-0.25, -0.2) is 0 Å². The zero-order valence-corrected chi connectivity index (χ0v) is 15.7. The number of benzene rings is 1. The Balaban J connectivity index is 3.30. The molecule has 0 aromatic heterocycles. The molecular weight excluding hydrogens is 389 g/mol. The molecule has 0 unspecified atom stereocenters. The van der Waals surface area contributed by atoms with Crippen LogP contribution in [-0.4, -0.2) is 22.4 Å². The van der Waals surface area contributed by atoms with Gasteiger partial charge in [0.2, 0.25) is 0 Å². The molecule has 4 nitrogen and oxygen atoms in total. The fraction of sp³-hybridized carbons (Fsp3) is 0.500. The van der Waals surface area contributed by atoms with Crippen molar-refractivity contribution in [2.24, 2.45) is 0 Å².